The molecular weight excluding hydrogens is 1140 g/mol. The van der Waals surface area contributed by atoms with Crippen molar-refractivity contribution >= 4 is 116 Å². The Morgan fingerprint density at radius 2 is 0.937 bits per heavy atom. The molecule has 4 aromatic carbocycles. The van der Waals surface area contributed by atoms with Crippen LogP contribution in [-0.2, 0) is 18.9 Å². The number of esters is 3. The molecule has 3 fully saturated rings. The summed E-state index contributed by atoms with van der Waals surface area (Å²) in [6.07, 6.45) is 0. The van der Waals surface area contributed by atoms with Gasteiger partial charge >= 0.3 is 29.3 Å². The molecule has 3 saturated heterocycles. The first kappa shape index (κ1) is 68.9. The summed E-state index contributed by atoms with van der Waals surface area (Å²) in [5.74, 6) is -2.74. The van der Waals surface area contributed by atoms with Crippen molar-refractivity contribution in [2.45, 2.75) is 40.7 Å². The second-order valence-electron chi connectivity index (χ2n) is 16.9. The quantitative estimate of drug-likeness (QED) is 0.0315. The lowest BCUT2D eigenvalue weighted by atomic mass is 10.1. The molecule has 27 heteroatoms. The highest BCUT2D eigenvalue weighted by Gasteiger charge is 2.25. The Bertz CT molecular complexity index is 2670. The molecule has 7 rings (SSSR count). The topological polar surface area (TPSA) is 257 Å². The Morgan fingerprint density at radius 1 is 0.582 bits per heavy atom. The number of halogens is 5. The maximum atomic E-state index is 11.9. The third-order valence-electron chi connectivity index (χ3n) is 11.4. The molecule has 3 aliphatic heterocycles. The van der Waals surface area contributed by atoms with Crippen molar-refractivity contribution in [3.05, 3.63) is 130 Å². The molecule has 1 unspecified atom stereocenters. The molecule has 0 spiro atoms. The minimum atomic E-state index is -1.37. The van der Waals surface area contributed by atoms with Gasteiger partial charge in [0, 0.05) is 124 Å². The van der Waals surface area contributed by atoms with Gasteiger partial charge in [0.15, 0.2) is 5.56 Å². The van der Waals surface area contributed by atoms with E-state index in [9.17, 15) is 44.2 Å². The Balaban J connectivity index is 0.000000348. The van der Waals surface area contributed by atoms with Crippen molar-refractivity contribution in [1.29, 1.82) is 0 Å². The van der Waals surface area contributed by atoms with Gasteiger partial charge in [0.05, 0.1) is 50.8 Å². The highest BCUT2D eigenvalue weighted by molar-refractivity contribution is 6.61. The normalized spacial score (nSPS) is 14.4. The first-order chi connectivity index (χ1) is 37.0. The van der Waals surface area contributed by atoms with Crippen molar-refractivity contribution in [2.75, 3.05) is 127 Å². The standard InChI is InChI=1S/C14H19ClN2O2.C14H19N3O4.C13H17ClN2O2.C7H4ClNO4.C3H4Cl2O2.CH4/c1-3-19-14(18)12-10-11(4-5-13(12)15)17-8-6-16(2)7-9-17;1-3-21-14(18)12-10-11(4-5-13(12)17(19)20)16-8-6-15(2)7-9-16;1-2-18-13(17)11-9-10(3-4-12(11)14)16-7-5-15-6-8-16;8-4-1-2-6(9(12)13)5(3-4)7(10)11;1-2(4)7-3(5)6;/h4-5,10H,3,6-9H2,1-2H3;4-5,10H,3,6-9H2,1-2H3;3-4,9,15H,2,5-8H2,1H3;1-3H,(H,10,11);2H,1H3;1H4. The van der Waals surface area contributed by atoms with Gasteiger partial charge in [-0.3, -0.25) is 20.2 Å². The number of carboxylic acid groups (broad SMARTS) is 1. The van der Waals surface area contributed by atoms with Crippen LogP contribution in [-0.4, -0.2) is 172 Å². The van der Waals surface area contributed by atoms with E-state index in [1.54, 1.807) is 45.0 Å². The number of piperazine rings is 3. The molecule has 22 nitrogen and oxygen atoms in total. The average molecular weight is 1210 g/mol. The third-order valence-corrected chi connectivity index (χ3v) is 12.5. The van der Waals surface area contributed by atoms with E-state index >= 15 is 0 Å². The largest absolute Gasteiger partial charge is 0.477 e. The van der Waals surface area contributed by atoms with Gasteiger partial charge in [-0.2, -0.15) is 0 Å². The summed E-state index contributed by atoms with van der Waals surface area (Å²) in [6, 6.07) is 19.0. The molecule has 0 saturated carbocycles. The van der Waals surface area contributed by atoms with Crippen molar-refractivity contribution < 1.29 is 57.9 Å². The molecular formula is C52H67Cl5N8O14. The maximum absolute atomic E-state index is 11.9. The van der Waals surface area contributed by atoms with E-state index in [1.807, 2.05) is 24.3 Å². The fourth-order valence-corrected chi connectivity index (χ4v) is 8.24. The van der Waals surface area contributed by atoms with Crippen LogP contribution in [0.2, 0.25) is 15.1 Å². The number of anilines is 3. The van der Waals surface area contributed by atoms with Gasteiger partial charge in [0.25, 0.3) is 11.4 Å². The fraction of sp³-hybridized carbons (Fsp3) is 0.442. The summed E-state index contributed by atoms with van der Waals surface area (Å²) < 4.78 is 19.1. The van der Waals surface area contributed by atoms with Gasteiger partial charge in [-0.05, 0) is 102 Å². The van der Waals surface area contributed by atoms with Crippen LogP contribution in [0.3, 0.4) is 0 Å². The van der Waals surface area contributed by atoms with E-state index in [0.29, 0.717) is 34.4 Å². The number of rotatable bonds is 13. The summed E-state index contributed by atoms with van der Waals surface area (Å²) in [4.78, 5) is 86.9. The zero-order chi connectivity index (χ0) is 58.1. The highest BCUT2D eigenvalue weighted by atomic mass is 35.5. The molecule has 2 N–H and O–H groups in total. The number of benzene rings is 4. The number of carboxylic acids is 1. The fourth-order valence-electron chi connectivity index (χ4n) is 7.42. The van der Waals surface area contributed by atoms with Crippen LogP contribution in [0.5, 0.6) is 0 Å². The number of aromatic carboxylic acids is 1. The molecule has 1 atom stereocenters. The van der Waals surface area contributed by atoms with Crippen LogP contribution in [0, 0.1) is 20.2 Å². The molecule has 0 radical (unpaired) electrons. The van der Waals surface area contributed by atoms with Crippen molar-refractivity contribution in [3.63, 3.8) is 0 Å². The van der Waals surface area contributed by atoms with Crippen molar-refractivity contribution in [1.82, 2.24) is 15.1 Å². The van der Waals surface area contributed by atoms with Crippen LogP contribution < -0.4 is 20.0 Å². The van der Waals surface area contributed by atoms with Crippen molar-refractivity contribution in [3.8, 4) is 0 Å². The molecule has 0 amide bonds. The van der Waals surface area contributed by atoms with Gasteiger partial charge in [-0.1, -0.05) is 53.8 Å². The van der Waals surface area contributed by atoms with Crippen LogP contribution in [0.15, 0.2) is 72.8 Å². The molecule has 3 heterocycles. The minimum Gasteiger partial charge on any atom is -0.477 e. The summed E-state index contributed by atoms with van der Waals surface area (Å²) in [5.41, 5.74) is 1.17. The number of hydrogen-bond acceptors (Lipinski definition) is 19. The number of nitro benzene ring substituents is 2. The van der Waals surface area contributed by atoms with Crippen LogP contribution in [0.25, 0.3) is 0 Å². The second-order valence-corrected chi connectivity index (χ2v) is 19.1. The van der Waals surface area contributed by atoms with Crippen LogP contribution in [0.1, 0.15) is 76.6 Å². The lowest BCUT2D eigenvalue weighted by Gasteiger charge is -2.34. The van der Waals surface area contributed by atoms with Gasteiger partial charge in [-0.15, -0.1) is 0 Å². The Kier molecular flexibility index (Phi) is 30.9. The number of carbonyl (C=O) groups excluding carboxylic acids is 4. The number of hydrogen-bond donors (Lipinski definition) is 2. The molecule has 4 aromatic rings. The zero-order valence-electron chi connectivity index (χ0n) is 43.9. The second kappa shape index (κ2) is 35.4. The molecule has 0 aliphatic carbocycles. The Hall–Kier alpha value is -6.24. The van der Waals surface area contributed by atoms with E-state index in [-0.39, 0.29) is 42.2 Å². The third kappa shape index (κ3) is 23.2. The first-order valence-corrected chi connectivity index (χ1v) is 26.3. The number of nitro groups is 2. The van der Waals surface area contributed by atoms with E-state index in [1.165, 1.54) is 19.1 Å². The lowest BCUT2D eigenvalue weighted by Crippen LogP contribution is -2.44. The first-order valence-electron chi connectivity index (χ1n) is 24.4. The summed E-state index contributed by atoms with van der Waals surface area (Å²) in [6.45, 7) is 18.9. The molecule has 0 bridgehead atoms. The van der Waals surface area contributed by atoms with Gasteiger partial charge in [0.2, 0.25) is 0 Å². The SMILES string of the molecule is C.CC(Cl)OC(=O)Cl.CCOC(=O)c1cc(N2CCN(C)CC2)ccc1Cl.CCOC(=O)c1cc(N2CCN(C)CC2)ccc1[N+](=O)[O-].CCOC(=O)c1cc(N2CCNCC2)ccc1Cl.O=C(O)c1cc(Cl)ccc1[N+](=O)[O-]. The Labute approximate surface area is 484 Å². The highest BCUT2D eigenvalue weighted by Crippen LogP contribution is 2.29. The number of ether oxygens (including phenoxy) is 4. The summed E-state index contributed by atoms with van der Waals surface area (Å²) in [5, 5.41) is 34.3. The van der Waals surface area contributed by atoms with Crippen LogP contribution >= 0.6 is 58.0 Å². The number of likely N-dealkylation sites (N-methyl/N-ethyl adjacent to an activating group) is 2. The van der Waals surface area contributed by atoms with E-state index in [2.05, 4.69) is 48.6 Å². The lowest BCUT2D eigenvalue weighted by molar-refractivity contribution is -0.385. The molecule has 0 aromatic heterocycles. The van der Waals surface area contributed by atoms with Crippen LogP contribution in [0.4, 0.5) is 33.2 Å². The number of carbonyl (C=O) groups is 5. The molecule has 3 aliphatic rings. The molecule has 434 valence electrons. The van der Waals surface area contributed by atoms with Gasteiger partial charge < -0.3 is 53.9 Å². The zero-order valence-corrected chi connectivity index (χ0v) is 47.7. The van der Waals surface area contributed by atoms with Gasteiger partial charge in [-0.25, -0.2) is 24.0 Å². The maximum Gasteiger partial charge on any atom is 0.405 e. The minimum absolute atomic E-state index is 0. The predicted octanol–water partition coefficient (Wildman–Crippen LogP) is 10.2. The monoisotopic (exact) mass is 1200 g/mol. The smallest absolute Gasteiger partial charge is 0.405 e. The Morgan fingerprint density at radius 3 is 1.29 bits per heavy atom. The van der Waals surface area contributed by atoms with Crippen molar-refractivity contribution in [2.24, 2.45) is 0 Å². The number of alkyl halides is 1. The number of nitrogens with zero attached hydrogens (tertiary/aromatic N) is 7. The van der Waals surface area contributed by atoms with E-state index < -0.39 is 44.0 Å². The van der Waals surface area contributed by atoms with E-state index in [4.69, 9.17) is 77.3 Å². The summed E-state index contributed by atoms with van der Waals surface area (Å²) >= 11 is 27.4. The van der Waals surface area contributed by atoms with Gasteiger partial charge in [0.1, 0.15) is 11.1 Å². The average Bonchev–Trinajstić information content (AvgIpc) is 3.40. The molecule has 79 heavy (non-hydrogen) atoms. The summed E-state index contributed by atoms with van der Waals surface area (Å²) in [7, 11) is 4.17. The number of nitrogens with one attached hydrogen (secondary N) is 1. The van der Waals surface area contributed by atoms with E-state index in [0.717, 1.165) is 108 Å². The predicted molar refractivity (Wildman–Crippen MR) is 308 cm³/mol.